The third-order valence-corrected chi connectivity index (χ3v) is 4.76. The first-order valence-electron chi connectivity index (χ1n) is 8.99. The van der Waals surface area contributed by atoms with E-state index in [0.29, 0.717) is 49.0 Å². The number of aromatic nitrogens is 2. The Balaban J connectivity index is 1.34. The Morgan fingerprint density at radius 1 is 0.964 bits per heavy atom. The molecule has 28 heavy (non-hydrogen) atoms. The maximum Gasteiger partial charge on any atom is 0.321 e. The number of halogens is 2. The van der Waals surface area contributed by atoms with Gasteiger partial charge in [-0.3, -0.25) is 0 Å². The van der Waals surface area contributed by atoms with Crippen LogP contribution in [0, 0.1) is 11.6 Å². The first kappa shape index (κ1) is 18.1. The maximum absolute atomic E-state index is 13.0. The maximum atomic E-state index is 13.0. The summed E-state index contributed by atoms with van der Waals surface area (Å²) in [6.07, 6.45) is 1.39. The van der Waals surface area contributed by atoms with Crippen molar-refractivity contribution in [1.29, 1.82) is 0 Å². The molecule has 1 N–H and O–H groups in total. The number of urea groups is 1. The molecule has 6 nitrogen and oxygen atoms in total. The molecule has 3 aromatic rings. The summed E-state index contributed by atoms with van der Waals surface area (Å²) in [7, 11) is 0. The molecule has 0 saturated carbocycles. The minimum atomic E-state index is -0.349. The third kappa shape index (κ3) is 4.00. The molecule has 0 aliphatic carbocycles. The molecule has 1 fully saturated rings. The number of hydrogen-bond acceptors (Lipinski definition) is 4. The van der Waals surface area contributed by atoms with Crippen LogP contribution in [0.3, 0.4) is 0 Å². The number of carbonyl (C=O) groups excluding carboxylic acids is 1. The van der Waals surface area contributed by atoms with E-state index >= 15 is 0 Å². The van der Waals surface area contributed by atoms with Gasteiger partial charge in [0.1, 0.15) is 11.6 Å². The van der Waals surface area contributed by atoms with Gasteiger partial charge in [0.05, 0.1) is 0 Å². The molecule has 144 valence electrons. The van der Waals surface area contributed by atoms with E-state index in [4.69, 9.17) is 4.42 Å². The van der Waals surface area contributed by atoms with Gasteiger partial charge in [-0.15, -0.1) is 10.2 Å². The highest BCUT2D eigenvalue weighted by molar-refractivity contribution is 5.89. The van der Waals surface area contributed by atoms with Gasteiger partial charge in [0, 0.05) is 30.3 Å². The SMILES string of the molecule is O=C(Nc1ccc(F)cc1)N1CCC(c2nnc(-c3ccc(F)cc3)o2)CC1. The Kier molecular flexibility index (Phi) is 5.01. The smallest absolute Gasteiger partial charge is 0.321 e. The van der Waals surface area contributed by atoms with Gasteiger partial charge in [-0.05, 0) is 61.4 Å². The van der Waals surface area contributed by atoms with Crippen molar-refractivity contribution in [3.63, 3.8) is 0 Å². The summed E-state index contributed by atoms with van der Waals surface area (Å²) >= 11 is 0. The van der Waals surface area contributed by atoms with E-state index in [-0.39, 0.29) is 23.6 Å². The third-order valence-electron chi connectivity index (χ3n) is 4.76. The van der Waals surface area contributed by atoms with Gasteiger partial charge >= 0.3 is 6.03 Å². The molecule has 0 radical (unpaired) electrons. The molecule has 4 rings (SSSR count). The van der Waals surface area contributed by atoms with Crippen molar-refractivity contribution in [2.24, 2.45) is 0 Å². The van der Waals surface area contributed by atoms with E-state index in [2.05, 4.69) is 15.5 Å². The number of benzene rings is 2. The number of nitrogens with one attached hydrogen (secondary N) is 1. The summed E-state index contributed by atoms with van der Waals surface area (Å²) in [5.74, 6) is 0.272. The second kappa shape index (κ2) is 7.75. The van der Waals surface area contributed by atoms with Crippen molar-refractivity contribution in [3.8, 4) is 11.5 Å². The van der Waals surface area contributed by atoms with Crippen LogP contribution >= 0.6 is 0 Å². The molecule has 1 aliphatic heterocycles. The summed E-state index contributed by atoms with van der Waals surface area (Å²) in [6, 6.07) is 11.3. The van der Waals surface area contributed by atoms with Crippen molar-refractivity contribution < 1.29 is 18.0 Å². The molecule has 2 amide bonds. The number of nitrogens with zero attached hydrogens (tertiary/aromatic N) is 3. The number of rotatable bonds is 3. The zero-order valence-corrected chi connectivity index (χ0v) is 14.9. The zero-order chi connectivity index (χ0) is 19.5. The number of piperidine rings is 1. The predicted molar refractivity (Wildman–Crippen MR) is 98.7 cm³/mol. The number of hydrogen-bond donors (Lipinski definition) is 1. The number of anilines is 1. The quantitative estimate of drug-likeness (QED) is 0.725. The normalized spacial score (nSPS) is 14.9. The van der Waals surface area contributed by atoms with Crippen molar-refractivity contribution in [3.05, 3.63) is 66.1 Å². The van der Waals surface area contributed by atoms with Crippen LogP contribution in [0.2, 0.25) is 0 Å². The first-order chi connectivity index (χ1) is 13.6. The highest BCUT2D eigenvalue weighted by atomic mass is 19.1. The molecule has 1 aliphatic rings. The molecule has 1 aromatic heterocycles. The van der Waals surface area contributed by atoms with Crippen molar-refractivity contribution in [2.75, 3.05) is 18.4 Å². The van der Waals surface area contributed by atoms with E-state index in [9.17, 15) is 13.6 Å². The topological polar surface area (TPSA) is 71.3 Å². The number of likely N-dealkylation sites (tertiary alicyclic amines) is 1. The lowest BCUT2D eigenvalue weighted by atomic mass is 9.97. The van der Waals surface area contributed by atoms with Crippen molar-refractivity contribution in [2.45, 2.75) is 18.8 Å². The minimum Gasteiger partial charge on any atom is -0.420 e. The Hall–Kier alpha value is -3.29. The molecule has 2 aromatic carbocycles. The largest absolute Gasteiger partial charge is 0.420 e. The second-order valence-corrected chi connectivity index (χ2v) is 6.65. The van der Waals surface area contributed by atoms with Crippen molar-refractivity contribution >= 4 is 11.7 Å². The van der Waals surface area contributed by atoms with Crippen LogP contribution in [0.4, 0.5) is 19.3 Å². The van der Waals surface area contributed by atoms with Crippen LogP contribution in [0.25, 0.3) is 11.5 Å². The van der Waals surface area contributed by atoms with Gasteiger partial charge in [0.2, 0.25) is 11.8 Å². The van der Waals surface area contributed by atoms with E-state index in [1.165, 1.54) is 36.4 Å². The van der Waals surface area contributed by atoms with Crippen LogP contribution in [0.1, 0.15) is 24.7 Å². The van der Waals surface area contributed by atoms with Gasteiger partial charge in [-0.2, -0.15) is 0 Å². The number of carbonyl (C=O) groups is 1. The lowest BCUT2D eigenvalue weighted by molar-refractivity contribution is 0.190. The highest BCUT2D eigenvalue weighted by Gasteiger charge is 2.27. The highest BCUT2D eigenvalue weighted by Crippen LogP contribution is 2.29. The minimum absolute atomic E-state index is 0.0663. The number of amides is 2. The molecule has 2 heterocycles. The summed E-state index contributed by atoms with van der Waals surface area (Å²) in [5, 5.41) is 10.9. The van der Waals surface area contributed by atoms with Gasteiger partial charge in [0.25, 0.3) is 0 Å². The molecule has 0 unspecified atom stereocenters. The summed E-state index contributed by atoms with van der Waals surface area (Å²) in [6.45, 7) is 1.10. The molecule has 0 atom stereocenters. The summed E-state index contributed by atoms with van der Waals surface area (Å²) in [5.41, 5.74) is 1.21. The zero-order valence-electron chi connectivity index (χ0n) is 14.9. The molecule has 0 spiro atoms. The average Bonchev–Trinajstić information content (AvgIpc) is 3.20. The van der Waals surface area contributed by atoms with Crippen molar-refractivity contribution in [1.82, 2.24) is 15.1 Å². The predicted octanol–water partition coefficient (Wildman–Crippen LogP) is 4.43. The van der Waals surface area contributed by atoms with Gasteiger partial charge in [-0.1, -0.05) is 0 Å². The van der Waals surface area contributed by atoms with Crippen LogP contribution < -0.4 is 5.32 Å². The van der Waals surface area contributed by atoms with E-state index in [1.807, 2.05) is 0 Å². The van der Waals surface area contributed by atoms with Crippen LogP contribution in [0.15, 0.2) is 52.9 Å². The van der Waals surface area contributed by atoms with Gasteiger partial charge in [0.15, 0.2) is 0 Å². The fourth-order valence-electron chi connectivity index (χ4n) is 3.17. The molecule has 1 saturated heterocycles. The lowest BCUT2D eigenvalue weighted by Gasteiger charge is -2.30. The van der Waals surface area contributed by atoms with E-state index in [1.54, 1.807) is 17.0 Å². The van der Waals surface area contributed by atoms with E-state index < -0.39 is 0 Å². The molecular weight excluding hydrogens is 366 g/mol. The fraction of sp³-hybridized carbons (Fsp3) is 0.250. The Morgan fingerprint density at radius 2 is 1.57 bits per heavy atom. The average molecular weight is 384 g/mol. The van der Waals surface area contributed by atoms with Gasteiger partial charge < -0.3 is 14.6 Å². The van der Waals surface area contributed by atoms with E-state index in [0.717, 1.165) is 0 Å². The van der Waals surface area contributed by atoms with Crippen LogP contribution in [-0.2, 0) is 0 Å². The fourth-order valence-corrected chi connectivity index (χ4v) is 3.17. The second-order valence-electron chi connectivity index (χ2n) is 6.65. The Bertz CT molecular complexity index is 949. The monoisotopic (exact) mass is 384 g/mol. The standard InChI is InChI=1S/C20H18F2N4O2/c21-15-3-1-13(2-4-15)18-24-25-19(28-18)14-9-11-26(12-10-14)20(27)23-17-7-5-16(22)6-8-17/h1-8,14H,9-12H2,(H,23,27). The Morgan fingerprint density at radius 3 is 2.21 bits per heavy atom. The van der Waals surface area contributed by atoms with Crippen LogP contribution in [-0.4, -0.2) is 34.2 Å². The van der Waals surface area contributed by atoms with Gasteiger partial charge in [-0.25, -0.2) is 13.6 Å². The summed E-state index contributed by atoms with van der Waals surface area (Å²) in [4.78, 5) is 14.1. The molecule has 8 heteroatoms. The molecular formula is C20H18F2N4O2. The molecule has 0 bridgehead atoms. The van der Waals surface area contributed by atoms with Crippen LogP contribution in [0.5, 0.6) is 0 Å². The summed E-state index contributed by atoms with van der Waals surface area (Å²) < 4.78 is 31.7. The lowest BCUT2D eigenvalue weighted by Crippen LogP contribution is -2.40. The Labute approximate surface area is 160 Å². The first-order valence-corrected chi connectivity index (χ1v) is 8.99.